The number of rotatable bonds is 4. The summed E-state index contributed by atoms with van der Waals surface area (Å²) in [5, 5.41) is 0. The topological polar surface area (TPSA) is 88.1 Å². The van der Waals surface area contributed by atoms with E-state index in [2.05, 4.69) is 15.0 Å². The van der Waals surface area contributed by atoms with Gasteiger partial charge in [-0.1, -0.05) is 6.07 Å². The molecule has 0 bridgehead atoms. The molecule has 2 N–H and O–H groups in total. The van der Waals surface area contributed by atoms with Crippen molar-refractivity contribution < 1.29 is 9.47 Å². The van der Waals surface area contributed by atoms with Gasteiger partial charge < -0.3 is 19.8 Å². The van der Waals surface area contributed by atoms with Gasteiger partial charge in [-0.2, -0.15) is 0 Å². The largest absolute Gasteiger partial charge is 0.493 e. The summed E-state index contributed by atoms with van der Waals surface area (Å²) in [5.74, 6) is 1.77. The SMILES string of the molecule is COc1ccc(Cn2cnc3c(N)ncnc32)cc1OC. The third kappa shape index (κ3) is 2.33. The van der Waals surface area contributed by atoms with Gasteiger partial charge in [-0.05, 0) is 17.7 Å². The van der Waals surface area contributed by atoms with Gasteiger partial charge in [-0.15, -0.1) is 0 Å². The van der Waals surface area contributed by atoms with Crippen LogP contribution >= 0.6 is 0 Å². The maximum Gasteiger partial charge on any atom is 0.165 e. The van der Waals surface area contributed by atoms with Crippen molar-refractivity contribution in [3.05, 3.63) is 36.4 Å². The third-order valence-corrected chi connectivity index (χ3v) is 3.23. The molecule has 0 radical (unpaired) electrons. The number of nitrogens with zero attached hydrogens (tertiary/aromatic N) is 4. The van der Waals surface area contributed by atoms with Gasteiger partial charge in [0.1, 0.15) is 11.8 Å². The number of imidazole rings is 1. The molecule has 0 aliphatic rings. The molecular formula is C14H15N5O2. The molecule has 0 unspecified atom stereocenters. The Morgan fingerprint density at radius 2 is 1.90 bits per heavy atom. The Balaban J connectivity index is 1.97. The number of fused-ring (bicyclic) bond motifs is 1. The minimum Gasteiger partial charge on any atom is -0.493 e. The zero-order valence-electron chi connectivity index (χ0n) is 11.8. The molecule has 0 atom stereocenters. The van der Waals surface area contributed by atoms with Crippen molar-refractivity contribution in [3.63, 3.8) is 0 Å². The Morgan fingerprint density at radius 3 is 2.67 bits per heavy atom. The van der Waals surface area contributed by atoms with Gasteiger partial charge in [-0.3, -0.25) is 0 Å². The number of anilines is 1. The van der Waals surface area contributed by atoms with Crippen LogP contribution in [0.3, 0.4) is 0 Å². The number of benzene rings is 1. The van der Waals surface area contributed by atoms with Gasteiger partial charge in [0.05, 0.1) is 27.1 Å². The first-order chi connectivity index (χ1) is 10.2. The summed E-state index contributed by atoms with van der Waals surface area (Å²) in [7, 11) is 3.22. The summed E-state index contributed by atoms with van der Waals surface area (Å²) in [6.45, 7) is 0.604. The van der Waals surface area contributed by atoms with Gasteiger partial charge in [0.2, 0.25) is 0 Å². The smallest absolute Gasteiger partial charge is 0.165 e. The van der Waals surface area contributed by atoms with Crippen molar-refractivity contribution in [3.8, 4) is 11.5 Å². The molecule has 7 nitrogen and oxygen atoms in total. The Labute approximate surface area is 121 Å². The third-order valence-electron chi connectivity index (χ3n) is 3.23. The summed E-state index contributed by atoms with van der Waals surface area (Å²) in [4.78, 5) is 12.4. The van der Waals surface area contributed by atoms with Crippen LogP contribution in [-0.2, 0) is 6.54 Å². The van der Waals surface area contributed by atoms with Crippen molar-refractivity contribution in [2.75, 3.05) is 20.0 Å². The lowest BCUT2D eigenvalue weighted by atomic mass is 10.2. The van der Waals surface area contributed by atoms with Crippen LogP contribution in [0.2, 0.25) is 0 Å². The van der Waals surface area contributed by atoms with Crippen LogP contribution in [-0.4, -0.2) is 33.7 Å². The summed E-state index contributed by atoms with van der Waals surface area (Å²) >= 11 is 0. The highest BCUT2D eigenvalue weighted by Gasteiger charge is 2.10. The lowest BCUT2D eigenvalue weighted by molar-refractivity contribution is 0.354. The maximum atomic E-state index is 5.78. The number of nitrogen functional groups attached to an aromatic ring is 1. The summed E-state index contributed by atoms with van der Waals surface area (Å²) in [5.41, 5.74) is 8.14. The molecule has 108 valence electrons. The Hall–Kier alpha value is -2.83. The molecule has 0 amide bonds. The molecule has 0 saturated carbocycles. The normalized spacial score (nSPS) is 10.8. The quantitative estimate of drug-likeness (QED) is 0.781. The fourth-order valence-electron chi connectivity index (χ4n) is 2.19. The fourth-order valence-corrected chi connectivity index (χ4v) is 2.19. The Morgan fingerprint density at radius 1 is 1.10 bits per heavy atom. The second kappa shape index (κ2) is 5.28. The molecule has 1 aromatic carbocycles. The van der Waals surface area contributed by atoms with Crippen LogP contribution in [0, 0.1) is 0 Å². The van der Waals surface area contributed by atoms with Gasteiger partial charge in [0, 0.05) is 0 Å². The van der Waals surface area contributed by atoms with E-state index in [0.29, 0.717) is 35.0 Å². The highest BCUT2D eigenvalue weighted by molar-refractivity contribution is 5.81. The molecule has 21 heavy (non-hydrogen) atoms. The van der Waals surface area contributed by atoms with E-state index in [0.717, 1.165) is 5.56 Å². The number of ether oxygens (including phenoxy) is 2. The molecule has 0 aliphatic carbocycles. The highest BCUT2D eigenvalue weighted by atomic mass is 16.5. The summed E-state index contributed by atoms with van der Waals surface area (Å²) in [6.07, 6.45) is 3.14. The lowest BCUT2D eigenvalue weighted by Crippen LogP contribution is -2.01. The number of nitrogens with two attached hydrogens (primary N) is 1. The standard InChI is InChI=1S/C14H15N5O2/c1-20-10-4-3-9(5-11(10)21-2)6-19-8-18-12-13(15)16-7-17-14(12)19/h3-5,7-8H,6H2,1-2H3,(H2,15,16,17). The minimum atomic E-state index is 0.381. The fraction of sp³-hybridized carbons (Fsp3) is 0.214. The van der Waals surface area contributed by atoms with Gasteiger partial charge in [0.15, 0.2) is 23.0 Å². The van der Waals surface area contributed by atoms with Crippen LogP contribution in [0.15, 0.2) is 30.9 Å². The van der Waals surface area contributed by atoms with Crippen LogP contribution in [0.1, 0.15) is 5.56 Å². The van der Waals surface area contributed by atoms with Crippen molar-refractivity contribution in [1.29, 1.82) is 0 Å². The van der Waals surface area contributed by atoms with Crippen molar-refractivity contribution in [2.45, 2.75) is 6.54 Å². The summed E-state index contributed by atoms with van der Waals surface area (Å²) < 4.78 is 12.4. The monoisotopic (exact) mass is 285 g/mol. The van der Waals surface area contributed by atoms with Crippen LogP contribution < -0.4 is 15.2 Å². The average Bonchev–Trinajstić information content (AvgIpc) is 2.92. The lowest BCUT2D eigenvalue weighted by Gasteiger charge is -2.10. The number of hydrogen-bond donors (Lipinski definition) is 1. The molecule has 2 aromatic heterocycles. The predicted molar refractivity (Wildman–Crippen MR) is 78.4 cm³/mol. The second-order valence-corrected chi connectivity index (χ2v) is 4.49. The van der Waals surface area contributed by atoms with E-state index in [1.54, 1.807) is 20.5 Å². The van der Waals surface area contributed by atoms with E-state index in [-0.39, 0.29) is 0 Å². The maximum absolute atomic E-state index is 5.78. The van der Waals surface area contributed by atoms with E-state index in [9.17, 15) is 0 Å². The number of hydrogen-bond acceptors (Lipinski definition) is 6. The summed E-state index contributed by atoms with van der Waals surface area (Å²) in [6, 6.07) is 5.77. The van der Waals surface area contributed by atoms with Gasteiger partial charge in [0.25, 0.3) is 0 Å². The van der Waals surface area contributed by atoms with Crippen molar-refractivity contribution >= 4 is 17.0 Å². The zero-order chi connectivity index (χ0) is 14.8. The van der Waals surface area contributed by atoms with Crippen LogP contribution in [0.25, 0.3) is 11.2 Å². The average molecular weight is 285 g/mol. The first kappa shape index (κ1) is 13.2. The number of aromatic nitrogens is 4. The van der Waals surface area contributed by atoms with Crippen LogP contribution in [0.4, 0.5) is 5.82 Å². The molecule has 0 fully saturated rings. The van der Waals surface area contributed by atoms with Crippen molar-refractivity contribution in [1.82, 2.24) is 19.5 Å². The molecule has 2 heterocycles. The molecule has 3 rings (SSSR count). The van der Waals surface area contributed by atoms with E-state index >= 15 is 0 Å². The van der Waals surface area contributed by atoms with Crippen LogP contribution in [0.5, 0.6) is 11.5 Å². The van der Waals surface area contributed by atoms with E-state index in [4.69, 9.17) is 15.2 Å². The Bertz CT molecular complexity index is 784. The molecule has 0 spiro atoms. The highest BCUT2D eigenvalue weighted by Crippen LogP contribution is 2.28. The molecule has 0 aliphatic heterocycles. The molecular weight excluding hydrogens is 270 g/mol. The molecule has 3 aromatic rings. The van der Waals surface area contributed by atoms with Crippen molar-refractivity contribution in [2.24, 2.45) is 0 Å². The first-order valence-electron chi connectivity index (χ1n) is 6.35. The number of methoxy groups -OCH3 is 2. The predicted octanol–water partition coefficient (Wildman–Crippen LogP) is 1.47. The Kier molecular flexibility index (Phi) is 3.31. The molecule has 0 saturated heterocycles. The molecule has 7 heteroatoms. The van der Waals surface area contributed by atoms with E-state index in [1.807, 2.05) is 22.8 Å². The second-order valence-electron chi connectivity index (χ2n) is 4.49. The first-order valence-corrected chi connectivity index (χ1v) is 6.35. The van der Waals surface area contributed by atoms with Gasteiger partial charge in [-0.25, -0.2) is 15.0 Å². The zero-order valence-corrected chi connectivity index (χ0v) is 11.8. The van der Waals surface area contributed by atoms with E-state index in [1.165, 1.54) is 6.33 Å². The minimum absolute atomic E-state index is 0.381. The van der Waals surface area contributed by atoms with Gasteiger partial charge >= 0.3 is 0 Å². The van der Waals surface area contributed by atoms with E-state index < -0.39 is 0 Å².